The molecule has 0 aromatic heterocycles. The van der Waals surface area contributed by atoms with Crippen LogP contribution in [0.4, 0.5) is 0 Å². The first-order chi connectivity index (χ1) is 10.9. The number of aliphatic carboxylic acids is 1. The molecule has 0 radical (unpaired) electrons. The molecule has 0 bridgehead atoms. The molecule has 1 rings (SSSR count). The smallest absolute Gasteiger partial charge is 0.303 e. The predicted octanol–water partition coefficient (Wildman–Crippen LogP) is 3.71. The van der Waals surface area contributed by atoms with Gasteiger partial charge in [0.25, 0.3) is 5.91 Å². The Hall–Kier alpha value is -1.56. The zero-order valence-corrected chi connectivity index (χ0v) is 15.2. The second-order valence-electron chi connectivity index (χ2n) is 5.69. The second-order valence-corrected chi connectivity index (χ2v) is 6.54. The van der Waals surface area contributed by atoms with Crippen molar-refractivity contribution in [1.82, 2.24) is 5.32 Å². The van der Waals surface area contributed by atoms with E-state index in [-0.39, 0.29) is 18.9 Å². The van der Waals surface area contributed by atoms with Crippen molar-refractivity contribution in [2.45, 2.75) is 45.4 Å². The van der Waals surface area contributed by atoms with Crippen LogP contribution in [0.2, 0.25) is 0 Å². The van der Waals surface area contributed by atoms with Crippen LogP contribution >= 0.6 is 15.9 Å². The van der Waals surface area contributed by atoms with E-state index < -0.39 is 5.97 Å². The van der Waals surface area contributed by atoms with Gasteiger partial charge in [0.1, 0.15) is 5.75 Å². The van der Waals surface area contributed by atoms with Crippen LogP contribution in [0.3, 0.4) is 0 Å². The van der Waals surface area contributed by atoms with Crippen LogP contribution in [0.5, 0.6) is 5.75 Å². The van der Waals surface area contributed by atoms with Gasteiger partial charge in [-0.2, -0.15) is 0 Å². The SMILES string of the molecule is CC(C)c1ccc(OCC(=O)NCCCCCC(=O)O)c(Br)c1. The van der Waals surface area contributed by atoms with Gasteiger partial charge in [0.2, 0.25) is 0 Å². The Labute approximate surface area is 145 Å². The lowest BCUT2D eigenvalue weighted by Gasteiger charge is -2.11. The third-order valence-corrected chi connectivity index (χ3v) is 3.99. The number of carboxylic acid groups (broad SMARTS) is 1. The van der Waals surface area contributed by atoms with Gasteiger partial charge in [-0.25, -0.2) is 0 Å². The molecule has 0 aliphatic rings. The molecule has 0 saturated carbocycles. The lowest BCUT2D eigenvalue weighted by Crippen LogP contribution is -2.29. The molecule has 23 heavy (non-hydrogen) atoms. The number of carbonyl (C=O) groups is 2. The van der Waals surface area contributed by atoms with E-state index in [1.54, 1.807) is 0 Å². The van der Waals surface area contributed by atoms with Gasteiger partial charge in [-0.1, -0.05) is 26.3 Å². The van der Waals surface area contributed by atoms with Gasteiger partial charge in [0, 0.05) is 13.0 Å². The summed E-state index contributed by atoms with van der Waals surface area (Å²) in [6.45, 7) is 4.74. The van der Waals surface area contributed by atoms with Gasteiger partial charge < -0.3 is 15.2 Å². The molecule has 5 nitrogen and oxygen atoms in total. The number of carbonyl (C=O) groups excluding carboxylic acids is 1. The van der Waals surface area contributed by atoms with Crippen LogP contribution in [0.1, 0.15) is 51.0 Å². The molecule has 1 aromatic rings. The van der Waals surface area contributed by atoms with Gasteiger partial charge >= 0.3 is 5.97 Å². The summed E-state index contributed by atoms with van der Waals surface area (Å²) in [5, 5.41) is 11.3. The number of unbranched alkanes of at least 4 members (excludes halogenated alkanes) is 2. The van der Waals surface area contributed by atoms with E-state index in [0.717, 1.165) is 17.3 Å². The van der Waals surface area contributed by atoms with E-state index in [2.05, 4.69) is 35.1 Å². The number of benzene rings is 1. The zero-order valence-electron chi connectivity index (χ0n) is 13.6. The largest absolute Gasteiger partial charge is 0.483 e. The maximum atomic E-state index is 11.7. The zero-order chi connectivity index (χ0) is 17.2. The van der Waals surface area contributed by atoms with Gasteiger partial charge in [-0.3, -0.25) is 9.59 Å². The van der Waals surface area contributed by atoms with Crippen LogP contribution in [0.25, 0.3) is 0 Å². The number of hydrogen-bond acceptors (Lipinski definition) is 3. The minimum absolute atomic E-state index is 0.0330. The number of carboxylic acids is 1. The monoisotopic (exact) mass is 385 g/mol. The predicted molar refractivity (Wildman–Crippen MR) is 92.8 cm³/mol. The highest BCUT2D eigenvalue weighted by molar-refractivity contribution is 9.10. The summed E-state index contributed by atoms with van der Waals surface area (Å²) in [4.78, 5) is 22.1. The minimum atomic E-state index is -0.781. The normalized spacial score (nSPS) is 10.6. The Morgan fingerprint density at radius 3 is 2.61 bits per heavy atom. The fourth-order valence-corrected chi connectivity index (χ4v) is 2.50. The molecule has 0 heterocycles. The highest BCUT2D eigenvalue weighted by Gasteiger charge is 2.08. The molecule has 0 atom stereocenters. The first-order valence-electron chi connectivity index (χ1n) is 7.81. The first-order valence-corrected chi connectivity index (χ1v) is 8.60. The van der Waals surface area contributed by atoms with Crippen molar-refractivity contribution in [3.8, 4) is 5.75 Å². The Morgan fingerprint density at radius 2 is 2.00 bits per heavy atom. The number of nitrogens with one attached hydrogen (secondary N) is 1. The summed E-state index contributed by atoms with van der Waals surface area (Å²) in [6.07, 6.45) is 2.37. The molecular weight excluding hydrogens is 362 g/mol. The Kier molecular flexibility index (Phi) is 8.69. The molecule has 0 saturated heterocycles. The lowest BCUT2D eigenvalue weighted by molar-refractivity contribution is -0.137. The summed E-state index contributed by atoms with van der Waals surface area (Å²) < 4.78 is 6.34. The molecule has 0 aliphatic heterocycles. The van der Waals surface area contributed by atoms with Crippen LogP contribution in [0.15, 0.2) is 22.7 Å². The van der Waals surface area contributed by atoms with Crippen molar-refractivity contribution >= 4 is 27.8 Å². The number of hydrogen-bond donors (Lipinski definition) is 2. The quantitative estimate of drug-likeness (QED) is 0.601. The molecule has 1 aromatic carbocycles. The number of amides is 1. The van der Waals surface area contributed by atoms with E-state index in [9.17, 15) is 9.59 Å². The maximum absolute atomic E-state index is 11.7. The summed E-state index contributed by atoms with van der Waals surface area (Å²) >= 11 is 3.45. The number of rotatable bonds is 10. The minimum Gasteiger partial charge on any atom is -0.483 e. The van der Waals surface area contributed by atoms with Crippen molar-refractivity contribution in [3.05, 3.63) is 28.2 Å². The van der Waals surface area contributed by atoms with Gasteiger partial charge in [0.15, 0.2) is 6.61 Å². The van der Waals surface area contributed by atoms with Crippen molar-refractivity contribution in [2.24, 2.45) is 0 Å². The number of halogens is 1. The van der Waals surface area contributed by atoms with Crippen LogP contribution in [-0.4, -0.2) is 30.1 Å². The third kappa shape index (κ3) is 8.02. The van der Waals surface area contributed by atoms with Crippen molar-refractivity contribution < 1.29 is 19.4 Å². The summed E-state index contributed by atoms with van der Waals surface area (Å²) in [5.41, 5.74) is 1.20. The average molecular weight is 386 g/mol. The average Bonchev–Trinajstić information content (AvgIpc) is 2.49. The highest BCUT2D eigenvalue weighted by Crippen LogP contribution is 2.28. The fourth-order valence-electron chi connectivity index (χ4n) is 1.99. The van der Waals surface area contributed by atoms with E-state index in [4.69, 9.17) is 9.84 Å². The standard InChI is InChI=1S/C17H24BrNO4/c1-12(2)13-7-8-15(14(18)10-13)23-11-16(20)19-9-5-3-4-6-17(21)22/h7-8,10,12H,3-6,9,11H2,1-2H3,(H,19,20)(H,21,22). The molecule has 1 amide bonds. The summed E-state index contributed by atoms with van der Waals surface area (Å²) in [5.74, 6) is 0.121. The fraction of sp³-hybridized carbons (Fsp3) is 0.529. The maximum Gasteiger partial charge on any atom is 0.303 e. The van der Waals surface area contributed by atoms with Gasteiger partial charge in [-0.05, 0) is 52.4 Å². The first kappa shape index (κ1) is 19.5. The lowest BCUT2D eigenvalue weighted by atomic mass is 10.0. The summed E-state index contributed by atoms with van der Waals surface area (Å²) in [7, 11) is 0. The van der Waals surface area contributed by atoms with E-state index in [0.29, 0.717) is 24.6 Å². The Morgan fingerprint density at radius 1 is 1.26 bits per heavy atom. The highest BCUT2D eigenvalue weighted by atomic mass is 79.9. The Balaban J connectivity index is 2.24. The van der Waals surface area contributed by atoms with E-state index in [1.165, 1.54) is 5.56 Å². The van der Waals surface area contributed by atoms with Crippen molar-refractivity contribution in [1.29, 1.82) is 0 Å². The summed E-state index contributed by atoms with van der Waals surface area (Å²) in [6, 6.07) is 5.85. The van der Waals surface area contributed by atoms with Crippen LogP contribution < -0.4 is 10.1 Å². The third-order valence-electron chi connectivity index (χ3n) is 3.37. The molecule has 0 fully saturated rings. The second kappa shape index (κ2) is 10.3. The molecule has 0 unspecified atom stereocenters. The van der Waals surface area contributed by atoms with Crippen molar-refractivity contribution in [3.63, 3.8) is 0 Å². The molecule has 2 N–H and O–H groups in total. The Bertz CT molecular complexity index is 531. The van der Waals surface area contributed by atoms with E-state index in [1.807, 2.05) is 18.2 Å². The van der Waals surface area contributed by atoms with Gasteiger partial charge in [-0.15, -0.1) is 0 Å². The van der Waals surface area contributed by atoms with E-state index >= 15 is 0 Å². The number of ether oxygens (including phenoxy) is 1. The topological polar surface area (TPSA) is 75.6 Å². The van der Waals surface area contributed by atoms with Crippen molar-refractivity contribution in [2.75, 3.05) is 13.2 Å². The van der Waals surface area contributed by atoms with Crippen LogP contribution in [0, 0.1) is 0 Å². The molecule has 6 heteroatoms. The molecule has 0 spiro atoms. The molecule has 0 aliphatic carbocycles. The molecular formula is C17H24BrNO4. The van der Waals surface area contributed by atoms with Crippen LogP contribution in [-0.2, 0) is 9.59 Å². The van der Waals surface area contributed by atoms with Gasteiger partial charge in [0.05, 0.1) is 4.47 Å². The molecule has 128 valence electrons.